The summed E-state index contributed by atoms with van der Waals surface area (Å²) in [5, 5.41) is 11.5. The SMILES string of the molecule is O=C(C(Cc1ccccc1)n1cnnn1)N1CCCN(Cc2ccccc2)CC1. The van der Waals surface area contributed by atoms with Crippen molar-refractivity contribution in [1.29, 1.82) is 0 Å². The zero-order chi connectivity index (χ0) is 19.9. The second-order valence-electron chi connectivity index (χ2n) is 7.44. The number of carbonyl (C=O) groups excluding carboxylic acids is 1. The predicted molar refractivity (Wildman–Crippen MR) is 110 cm³/mol. The first-order valence-electron chi connectivity index (χ1n) is 10.1. The van der Waals surface area contributed by atoms with Crippen LogP contribution in [-0.2, 0) is 17.8 Å². The van der Waals surface area contributed by atoms with E-state index in [1.54, 1.807) is 4.68 Å². The predicted octanol–water partition coefficient (Wildman–Crippen LogP) is 2.19. The van der Waals surface area contributed by atoms with E-state index in [4.69, 9.17) is 0 Å². The summed E-state index contributed by atoms with van der Waals surface area (Å²) in [5.41, 5.74) is 2.41. The summed E-state index contributed by atoms with van der Waals surface area (Å²) in [6.45, 7) is 4.27. The van der Waals surface area contributed by atoms with E-state index in [0.29, 0.717) is 6.42 Å². The molecule has 7 heteroatoms. The van der Waals surface area contributed by atoms with Gasteiger partial charge >= 0.3 is 0 Å². The minimum atomic E-state index is -0.423. The lowest BCUT2D eigenvalue weighted by Gasteiger charge is -2.26. The Labute approximate surface area is 170 Å². The number of hydrogen-bond acceptors (Lipinski definition) is 5. The molecule has 150 valence electrons. The minimum absolute atomic E-state index is 0.0858. The van der Waals surface area contributed by atoms with Crippen LogP contribution < -0.4 is 0 Å². The van der Waals surface area contributed by atoms with Crippen molar-refractivity contribution in [2.75, 3.05) is 26.2 Å². The van der Waals surface area contributed by atoms with Crippen molar-refractivity contribution in [1.82, 2.24) is 30.0 Å². The number of benzene rings is 2. The number of carbonyl (C=O) groups is 1. The first kappa shape index (κ1) is 19.3. The van der Waals surface area contributed by atoms with Gasteiger partial charge in [-0.1, -0.05) is 60.7 Å². The van der Waals surface area contributed by atoms with Crippen LogP contribution in [0.25, 0.3) is 0 Å². The van der Waals surface area contributed by atoms with Gasteiger partial charge in [-0.25, -0.2) is 4.68 Å². The first-order valence-corrected chi connectivity index (χ1v) is 10.1. The van der Waals surface area contributed by atoms with Crippen LogP contribution in [0.1, 0.15) is 23.6 Å². The molecule has 1 aromatic heterocycles. The van der Waals surface area contributed by atoms with Gasteiger partial charge in [0.1, 0.15) is 12.4 Å². The van der Waals surface area contributed by atoms with Gasteiger partial charge < -0.3 is 4.90 Å². The molecule has 2 heterocycles. The van der Waals surface area contributed by atoms with Gasteiger partial charge in [-0.05, 0) is 28.0 Å². The third-order valence-electron chi connectivity index (χ3n) is 5.39. The largest absolute Gasteiger partial charge is 0.339 e. The maximum Gasteiger partial charge on any atom is 0.247 e. The monoisotopic (exact) mass is 390 g/mol. The summed E-state index contributed by atoms with van der Waals surface area (Å²) in [7, 11) is 0. The highest BCUT2D eigenvalue weighted by atomic mass is 16.2. The van der Waals surface area contributed by atoms with Gasteiger partial charge in [0, 0.05) is 39.1 Å². The molecule has 4 rings (SSSR count). The topological polar surface area (TPSA) is 67.2 Å². The molecule has 7 nitrogen and oxygen atoms in total. The number of hydrogen-bond donors (Lipinski definition) is 0. The van der Waals surface area contributed by atoms with Crippen molar-refractivity contribution in [3.63, 3.8) is 0 Å². The molecule has 3 aromatic rings. The molecule has 1 amide bonds. The molecule has 0 spiro atoms. The van der Waals surface area contributed by atoms with Crippen molar-refractivity contribution in [3.05, 3.63) is 78.1 Å². The van der Waals surface area contributed by atoms with E-state index in [9.17, 15) is 4.79 Å². The molecule has 0 radical (unpaired) electrons. The molecule has 2 aromatic carbocycles. The number of aromatic nitrogens is 4. The number of rotatable bonds is 6. The van der Waals surface area contributed by atoms with Crippen LogP contribution in [0.4, 0.5) is 0 Å². The third kappa shape index (κ3) is 5.06. The Kier molecular flexibility index (Phi) is 6.26. The van der Waals surface area contributed by atoms with Crippen LogP contribution in [0.2, 0.25) is 0 Å². The molecule has 1 aliphatic heterocycles. The molecule has 0 saturated carbocycles. The molecule has 1 aliphatic rings. The summed E-state index contributed by atoms with van der Waals surface area (Å²) in [6.07, 6.45) is 3.08. The highest BCUT2D eigenvalue weighted by Crippen LogP contribution is 2.18. The van der Waals surface area contributed by atoms with Gasteiger partial charge in [-0.2, -0.15) is 0 Å². The van der Waals surface area contributed by atoms with Gasteiger partial charge in [0.05, 0.1) is 0 Å². The fraction of sp³-hybridized carbons (Fsp3) is 0.364. The second kappa shape index (κ2) is 9.43. The standard InChI is InChI=1S/C22H26N6O/c29-22(21(28-18-23-24-25-28)16-19-8-3-1-4-9-19)27-13-7-12-26(14-15-27)17-20-10-5-2-6-11-20/h1-6,8-11,18,21H,7,12-17H2. The Morgan fingerprint density at radius 2 is 1.62 bits per heavy atom. The molecule has 0 aliphatic carbocycles. The molecule has 0 N–H and O–H groups in total. The van der Waals surface area contributed by atoms with Crippen LogP contribution >= 0.6 is 0 Å². The van der Waals surface area contributed by atoms with Gasteiger partial charge in [0.15, 0.2) is 0 Å². The van der Waals surface area contributed by atoms with Crippen molar-refractivity contribution in [2.45, 2.75) is 25.4 Å². The fourth-order valence-corrected chi connectivity index (χ4v) is 3.84. The first-order chi connectivity index (χ1) is 14.3. The number of nitrogens with zero attached hydrogens (tertiary/aromatic N) is 6. The van der Waals surface area contributed by atoms with Crippen LogP contribution in [-0.4, -0.2) is 62.1 Å². The zero-order valence-corrected chi connectivity index (χ0v) is 16.5. The summed E-state index contributed by atoms with van der Waals surface area (Å²) in [4.78, 5) is 17.8. The average Bonchev–Trinajstić information content (AvgIpc) is 3.20. The van der Waals surface area contributed by atoms with Crippen LogP contribution in [0.15, 0.2) is 67.0 Å². The highest BCUT2D eigenvalue weighted by molar-refractivity contribution is 5.80. The summed E-state index contributed by atoms with van der Waals surface area (Å²) >= 11 is 0. The van der Waals surface area contributed by atoms with E-state index in [2.05, 4.69) is 44.7 Å². The summed E-state index contributed by atoms with van der Waals surface area (Å²) in [6, 6.07) is 20.1. The molecule has 1 fully saturated rings. The quantitative estimate of drug-likeness (QED) is 0.645. The molecule has 1 saturated heterocycles. The van der Waals surface area contributed by atoms with Crippen molar-refractivity contribution in [2.24, 2.45) is 0 Å². The van der Waals surface area contributed by atoms with E-state index in [1.807, 2.05) is 41.3 Å². The number of tetrazole rings is 1. The smallest absolute Gasteiger partial charge is 0.247 e. The Bertz CT molecular complexity index is 884. The second-order valence-corrected chi connectivity index (χ2v) is 7.44. The van der Waals surface area contributed by atoms with E-state index in [1.165, 1.54) is 11.9 Å². The van der Waals surface area contributed by atoms with Gasteiger partial charge in [-0.15, -0.1) is 5.10 Å². The van der Waals surface area contributed by atoms with Crippen molar-refractivity contribution < 1.29 is 4.79 Å². The molecular weight excluding hydrogens is 364 g/mol. The molecule has 1 unspecified atom stereocenters. The molecule has 1 atom stereocenters. The van der Waals surface area contributed by atoms with E-state index >= 15 is 0 Å². The average molecular weight is 390 g/mol. The summed E-state index contributed by atoms with van der Waals surface area (Å²) < 4.78 is 1.59. The van der Waals surface area contributed by atoms with Crippen LogP contribution in [0.5, 0.6) is 0 Å². The van der Waals surface area contributed by atoms with Gasteiger partial charge in [0.2, 0.25) is 5.91 Å². The summed E-state index contributed by atoms with van der Waals surface area (Å²) in [5.74, 6) is 0.0858. The van der Waals surface area contributed by atoms with E-state index < -0.39 is 6.04 Å². The highest BCUT2D eigenvalue weighted by Gasteiger charge is 2.28. The van der Waals surface area contributed by atoms with E-state index in [-0.39, 0.29) is 5.91 Å². The Morgan fingerprint density at radius 1 is 0.897 bits per heavy atom. The van der Waals surface area contributed by atoms with Crippen molar-refractivity contribution in [3.8, 4) is 0 Å². The number of amides is 1. The van der Waals surface area contributed by atoms with Crippen LogP contribution in [0, 0.1) is 0 Å². The lowest BCUT2D eigenvalue weighted by Crippen LogP contribution is -2.40. The zero-order valence-electron chi connectivity index (χ0n) is 16.5. The third-order valence-corrected chi connectivity index (χ3v) is 5.39. The van der Waals surface area contributed by atoms with Crippen molar-refractivity contribution >= 4 is 5.91 Å². The molecule has 29 heavy (non-hydrogen) atoms. The maximum atomic E-state index is 13.4. The Hall–Kier alpha value is -3.06. The fourth-order valence-electron chi connectivity index (χ4n) is 3.84. The minimum Gasteiger partial charge on any atom is -0.339 e. The van der Waals surface area contributed by atoms with E-state index in [0.717, 1.165) is 44.7 Å². The Balaban J connectivity index is 1.43. The molecular formula is C22H26N6O. The normalized spacial score (nSPS) is 16.3. The van der Waals surface area contributed by atoms with Gasteiger partial charge in [0.25, 0.3) is 0 Å². The van der Waals surface area contributed by atoms with Crippen LogP contribution in [0.3, 0.4) is 0 Å². The van der Waals surface area contributed by atoms with Gasteiger partial charge in [-0.3, -0.25) is 9.69 Å². The lowest BCUT2D eigenvalue weighted by molar-refractivity contribution is -0.135. The molecule has 0 bridgehead atoms. The lowest BCUT2D eigenvalue weighted by atomic mass is 10.0. The Morgan fingerprint density at radius 3 is 2.31 bits per heavy atom. The maximum absolute atomic E-state index is 13.4.